The van der Waals surface area contributed by atoms with E-state index in [2.05, 4.69) is 20.8 Å². The number of carbonyl (C=O) groups is 2. The molecule has 0 radical (unpaired) electrons. The highest BCUT2D eigenvalue weighted by atomic mass is 32.1. The minimum absolute atomic E-state index is 0.363. The zero-order valence-electron chi connectivity index (χ0n) is 11.4. The first kappa shape index (κ1) is 15.5. The Morgan fingerprint density at radius 1 is 1.26 bits per heavy atom. The number of likely N-dealkylation sites (N-methyl/N-ethyl adjacent to an activating group) is 1. The monoisotopic (exact) mass is 286 g/mol. The molecule has 1 heterocycles. The van der Waals surface area contributed by atoms with Gasteiger partial charge in [0.2, 0.25) is 5.13 Å². The van der Waals surface area contributed by atoms with E-state index >= 15 is 0 Å². The molecule has 0 fully saturated rings. The van der Waals surface area contributed by atoms with Gasteiger partial charge in [-0.2, -0.15) is 0 Å². The van der Waals surface area contributed by atoms with Gasteiger partial charge in [-0.1, -0.05) is 18.3 Å². The summed E-state index contributed by atoms with van der Waals surface area (Å²) in [5, 5.41) is 14.0. The zero-order valence-corrected chi connectivity index (χ0v) is 12.3. The van der Waals surface area contributed by atoms with Gasteiger partial charge in [0.25, 0.3) is 0 Å². The number of nitrogens with zero attached hydrogens (tertiary/aromatic N) is 2. The molecule has 106 valence electrons. The Morgan fingerprint density at radius 3 is 2.63 bits per heavy atom. The van der Waals surface area contributed by atoms with Crippen LogP contribution in [0.15, 0.2) is 0 Å². The summed E-state index contributed by atoms with van der Waals surface area (Å²) in [5.41, 5.74) is 0. The molecule has 3 N–H and O–H groups in total. The van der Waals surface area contributed by atoms with Crippen LogP contribution in [-0.4, -0.2) is 49.2 Å². The molecule has 1 aromatic heterocycles. The number of hydrogen-bond acceptors (Lipinski definition) is 5. The third-order valence-corrected chi connectivity index (χ3v) is 3.17. The molecule has 8 heteroatoms. The van der Waals surface area contributed by atoms with Gasteiger partial charge in [0.15, 0.2) is 0 Å². The number of rotatable bonds is 6. The molecular weight excluding hydrogens is 266 g/mol. The van der Waals surface area contributed by atoms with Crippen LogP contribution in [0.2, 0.25) is 0 Å². The smallest absolute Gasteiger partial charge is 0.315 e. The van der Waals surface area contributed by atoms with Crippen LogP contribution in [0.1, 0.15) is 18.4 Å². The van der Waals surface area contributed by atoms with Gasteiger partial charge >= 0.3 is 11.8 Å². The van der Waals surface area contributed by atoms with Crippen molar-refractivity contribution in [1.29, 1.82) is 0 Å². The number of quaternary nitrogens is 1. The van der Waals surface area contributed by atoms with Crippen molar-refractivity contribution >= 4 is 28.3 Å². The van der Waals surface area contributed by atoms with E-state index in [-0.39, 0.29) is 0 Å². The summed E-state index contributed by atoms with van der Waals surface area (Å²) < 4.78 is 0. The van der Waals surface area contributed by atoms with Gasteiger partial charge in [-0.05, 0) is 6.42 Å². The second kappa shape index (κ2) is 7.80. The van der Waals surface area contributed by atoms with Gasteiger partial charge in [0.05, 0.1) is 27.2 Å². The van der Waals surface area contributed by atoms with Crippen molar-refractivity contribution in [1.82, 2.24) is 15.5 Å². The highest BCUT2D eigenvalue weighted by molar-refractivity contribution is 7.15. The molecule has 19 heavy (non-hydrogen) atoms. The summed E-state index contributed by atoms with van der Waals surface area (Å²) in [4.78, 5) is 24.3. The van der Waals surface area contributed by atoms with E-state index in [1.54, 1.807) is 0 Å². The Morgan fingerprint density at radius 2 is 2.00 bits per heavy atom. The highest BCUT2D eigenvalue weighted by Crippen LogP contribution is 2.16. The van der Waals surface area contributed by atoms with Crippen LogP contribution in [0.3, 0.4) is 0 Å². The summed E-state index contributed by atoms with van der Waals surface area (Å²) in [5.74, 6) is -1.35. The lowest BCUT2D eigenvalue weighted by molar-refractivity contribution is -0.856. The van der Waals surface area contributed by atoms with Gasteiger partial charge in [-0.15, -0.1) is 10.2 Å². The van der Waals surface area contributed by atoms with Crippen LogP contribution >= 0.6 is 11.3 Å². The first-order valence-corrected chi connectivity index (χ1v) is 7.05. The molecule has 0 saturated carbocycles. The van der Waals surface area contributed by atoms with Crippen molar-refractivity contribution < 1.29 is 14.5 Å². The van der Waals surface area contributed by atoms with Crippen LogP contribution in [0.5, 0.6) is 0 Å². The third-order valence-electron chi connectivity index (χ3n) is 2.27. The maximum Gasteiger partial charge on any atom is 0.315 e. The predicted molar refractivity (Wildman–Crippen MR) is 73.2 cm³/mol. The molecule has 0 bridgehead atoms. The lowest BCUT2D eigenvalue weighted by Gasteiger charge is -2.07. The van der Waals surface area contributed by atoms with Gasteiger partial charge < -0.3 is 10.2 Å². The summed E-state index contributed by atoms with van der Waals surface area (Å²) >= 11 is 1.29. The van der Waals surface area contributed by atoms with Crippen molar-refractivity contribution in [2.24, 2.45) is 0 Å². The molecule has 0 saturated heterocycles. The van der Waals surface area contributed by atoms with Crippen molar-refractivity contribution in [2.45, 2.75) is 19.8 Å². The number of carbonyl (C=O) groups excluding carboxylic acids is 2. The van der Waals surface area contributed by atoms with Crippen LogP contribution < -0.4 is 15.5 Å². The number of aromatic nitrogens is 2. The Balaban J connectivity index is 2.38. The third kappa shape index (κ3) is 5.75. The fraction of sp³-hybridized carbons (Fsp3) is 0.636. The van der Waals surface area contributed by atoms with E-state index in [0.717, 1.165) is 24.4 Å². The van der Waals surface area contributed by atoms with Crippen LogP contribution in [0.25, 0.3) is 0 Å². The maximum absolute atomic E-state index is 11.6. The fourth-order valence-corrected chi connectivity index (χ4v) is 2.12. The predicted octanol–water partition coefficient (Wildman–Crippen LogP) is -1.31. The summed E-state index contributed by atoms with van der Waals surface area (Å²) in [7, 11) is 3.95. The SMILES string of the molecule is CCCc1nnc(NC(=O)C(=O)NCC[NH+](C)C)s1. The number of hydrogen-bond donors (Lipinski definition) is 3. The summed E-state index contributed by atoms with van der Waals surface area (Å²) in [6, 6.07) is 0. The first-order chi connectivity index (χ1) is 9.02. The molecule has 0 unspecified atom stereocenters. The molecule has 0 aliphatic rings. The molecule has 0 atom stereocenters. The quantitative estimate of drug-likeness (QED) is 0.567. The molecule has 0 aliphatic heterocycles. The van der Waals surface area contributed by atoms with Gasteiger partial charge in [0.1, 0.15) is 5.01 Å². The van der Waals surface area contributed by atoms with Gasteiger partial charge in [-0.3, -0.25) is 14.9 Å². The lowest BCUT2D eigenvalue weighted by Crippen LogP contribution is -3.06. The largest absolute Gasteiger partial charge is 0.342 e. The molecule has 2 amide bonds. The molecule has 7 nitrogen and oxygen atoms in total. The number of aryl methyl sites for hydroxylation is 1. The Hall–Kier alpha value is -1.54. The van der Waals surface area contributed by atoms with Crippen LogP contribution in [0, 0.1) is 0 Å². The first-order valence-electron chi connectivity index (χ1n) is 6.23. The van der Waals surface area contributed by atoms with Crippen molar-refractivity contribution in [2.75, 3.05) is 32.5 Å². The normalized spacial score (nSPS) is 10.5. The van der Waals surface area contributed by atoms with E-state index in [1.807, 2.05) is 21.0 Å². The lowest BCUT2D eigenvalue weighted by atomic mass is 10.4. The summed E-state index contributed by atoms with van der Waals surface area (Å²) in [6.07, 6.45) is 1.79. The van der Waals surface area contributed by atoms with E-state index in [4.69, 9.17) is 0 Å². The second-order valence-electron chi connectivity index (χ2n) is 4.42. The van der Waals surface area contributed by atoms with Crippen LogP contribution in [0.4, 0.5) is 5.13 Å². The van der Waals surface area contributed by atoms with Gasteiger partial charge in [0, 0.05) is 6.42 Å². The molecule has 0 aromatic carbocycles. The molecule has 1 aromatic rings. The maximum atomic E-state index is 11.6. The number of anilines is 1. The molecule has 0 aliphatic carbocycles. The number of nitrogens with one attached hydrogen (secondary N) is 3. The Bertz CT molecular complexity index is 432. The van der Waals surface area contributed by atoms with E-state index < -0.39 is 11.8 Å². The Labute approximate surface area is 116 Å². The Kier molecular flexibility index (Phi) is 6.37. The molecule has 1 rings (SSSR count). The second-order valence-corrected chi connectivity index (χ2v) is 5.48. The molecule has 0 spiro atoms. The van der Waals surface area contributed by atoms with Gasteiger partial charge in [-0.25, -0.2) is 0 Å². The van der Waals surface area contributed by atoms with E-state index in [9.17, 15) is 9.59 Å². The van der Waals surface area contributed by atoms with E-state index in [1.165, 1.54) is 16.2 Å². The van der Waals surface area contributed by atoms with Crippen molar-refractivity contribution in [3.8, 4) is 0 Å². The zero-order chi connectivity index (χ0) is 14.3. The minimum Gasteiger partial charge on any atom is -0.342 e. The summed E-state index contributed by atoms with van der Waals surface area (Å²) in [6.45, 7) is 3.27. The average Bonchev–Trinajstić information content (AvgIpc) is 2.76. The average molecular weight is 286 g/mol. The van der Waals surface area contributed by atoms with E-state index in [0.29, 0.717) is 11.7 Å². The fourth-order valence-electron chi connectivity index (χ4n) is 1.28. The number of amides is 2. The highest BCUT2D eigenvalue weighted by Gasteiger charge is 2.15. The standard InChI is InChI=1S/C11H19N5O2S/c1-4-5-8-14-15-11(19-8)13-10(18)9(17)12-6-7-16(2)3/h4-7H2,1-3H3,(H,12,17)(H,13,15,18)/p+1. The van der Waals surface area contributed by atoms with Crippen LogP contribution in [-0.2, 0) is 16.0 Å². The topological polar surface area (TPSA) is 88.4 Å². The minimum atomic E-state index is -0.701. The molecular formula is C11H20N5O2S+. The van der Waals surface area contributed by atoms with Crippen molar-refractivity contribution in [3.63, 3.8) is 0 Å². The van der Waals surface area contributed by atoms with Crippen molar-refractivity contribution in [3.05, 3.63) is 5.01 Å².